The van der Waals surface area contributed by atoms with Gasteiger partial charge < -0.3 is 30.8 Å². The number of ether oxygens (including phenoxy) is 1. The number of methoxy groups -OCH3 is 1. The molecular weight excluding hydrogens is 518 g/mol. The molecule has 0 spiro atoms. The number of alkyl halides is 2. The van der Waals surface area contributed by atoms with E-state index in [1.165, 1.54) is 6.33 Å². The van der Waals surface area contributed by atoms with Gasteiger partial charge in [0.2, 0.25) is 0 Å². The number of aliphatic hydroxyl groups excluding tert-OH is 1. The summed E-state index contributed by atoms with van der Waals surface area (Å²) in [5.41, 5.74) is 14.6. The fourth-order valence-electron chi connectivity index (χ4n) is 4.89. The van der Waals surface area contributed by atoms with E-state index in [9.17, 15) is 13.9 Å². The van der Waals surface area contributed by atoms with Gasteiger partial charge in [-0.25, -0.2) is 23.7 Å². The Hall–Kier alpha value is -3.61. The van der Waals surface area contributed by atoms with Crippen LogP contribution >= 0.6 is 11.6 Å². The number of fused-ring (bicyclic) bond motifs is 1. The molecule has 200 valence electrons. The van der Waals surface area contributed by atoms with Crippen molar-refractivity contribution >= 4 is 34.3 Å². The summed E-state index contributed by atoms with van der Waals surface area (Å²) in [5.74, 6) is 0.877. The Balaban J connectivity index is 1.58. The number of benzene rings is 1. The SMILES string of the molecule is COc1ccc(-c2cc(Cn3cnc4c(N)ncnc43)c(N3CCC[C@](N)([C@H](O)C(F)F)C3)cn2)c(Cl)c1. The molecule has 0 aliphatic carbocycles. The molecule has 0 saturated carbocycles. The highest BCUT2D eigenvalue weighted by atomic mass is 35.5. The highest BCUT2D eigenvalue weighted by Crippen LogP contribution is 2.35. The molecular formula is C25H27ClF2N8O2. The van der Waals surface area contributed by atoms with Gasteiger partial charge in [-0.05, 0) is 42.7 Å². The van der Waals surface area contributed by atoms with Crippen molar-refractivity contribution in [2.45, 2.75) is 37.5 Å². The van der Waals surface area contributed by atoms with Crippen LogP contribution in [0.2, 0.25) is 5.02 Å². The van der Waals surface area contributed by atoms with E-state index in [2.05, 4.69) is 19.9 Å². The van der Waals surface area contributed by atoms with E-state index in [1.807, 2.05) is 21.6 Å². The van der Waals surface area contributed by atoms with Crippen LogP contribution in [-0.4, -0.2) is 67.9 Å². The van der Waals surface area contributed by atoms with E-state index >= 15 is 0 Å². The quantitative estimate of drug-likeness (QED) is 0.320. The van der Waals surface area contributed by atoms with E-state index in [1.54, 1.807) is 31.8 Å². The van der Waals surface area contributed by atoms with E-state index in [-0.39, 0.29) is 18.8 Å². The second-order valence-electron chi connectivity index (χ2n) is 9.39. The Bertz CT molecular complexity index is 1470. The van der Waals surface area contributed by atoms with Crippen molar-refractivity contribution < 1.29 is 18.6 Å². The normalized spacial score (nSPS) is 18.8. The molecule has 10 nitrogen and oxygen atoms in total. The lowest BCUT2D eigenvalue weighted by atomic mass is 9.84. The predicted molar refractivity (Wildman–Crippen MR) is 140 cm³/mol. The first-order valence-electron chi connectivity index (χ1n) is 11.9. The zero-order valence-corrected chi connectivity index (χ0v) is 21.3. The maximum atomic E-state index is 13.4. The van der Waals surface area contributed by atoms with Crippen LogP contribution < -0.4 is 21.1 Å². The average Bonchev–Trinajstić information content (AvgIpc) is 3.32. The smallest absolute Gasteiger partial charge is 0.265 e. The lowest BCUT2D eigenvalue weighted by Crippen LogP contribution is -2.63. The molecule has 0 bridgehead atoms. The molecule has 1 aromatic carbocycles. The molecule has 1 aliphatic rings. The van der Waals surface area contributed by atoms with Crippen molar-refractivity contribution in [2.24, 2.45) is 5.73 Å². The van der Waals surface area contributed by atoms with Gasteiger partial charge in [0.25, 0.3) is 6.43 Å². The first-order chi connectivity index (χ1) is 18.2. The number of piperidine rings is 1. The molecule has 0 unspecified atom stereocenters. The number of halogens is 3. The van der Waals surface area contributed by atoms with Gasteiger partial charge in [-0.1, -0.05) is 11.6 Å². The number of aromatic nitrogens is 5. The zero-order chi connectivity index (χ0) is 27.0. The average molecular weight is 545 g/mol. The molecule has 2 atom stereocenters. The number of rotatable bonds is 7. The molecule has 1 fully saturated rings. The monoisotopic (exact) mass is 544 g/mol. The minimum Gasteiger partial charge on any atom is -0.497 e. The summed E-state index contributed by atoms with van der Waals surface area (Å²) >= 11 is 6.53. The summed E-state index contributed by atoms with van der Waals surface area (Å²) in [6.07, 6.45) is 0.572. The van der Waals surface area contributed by atoms with E-state index in [0.717, 1.165) is 5.56 Å². The van der Waals surface area contributed by atoms with Crippen LogP contribution in [0.1, 0.15) is 18.4 Å². The topological polar surface area (TPSA) is 141 Å². The van der Waals surface area contributed by atoms with Crippen molar-refractivity contribution in [3.8, 4) is 17.0 Å². The summed E-state index contributed by atoms with van der Waals surface area (Å²) < 4.78 is 33.9. The van der Waals surface area contributed by atoms with Gasteiger partial charge in [-0.2, -0.15) is 0 Å². The third-order valence-electron chi connectivity index (χ3n) is 6.91. The van der Waals surface area contributed by atoms with E-state index in [0.29, 0.717) is 58.4 Å². The Kier molecular flexibility index (Phi) is 7.03. The second kappa shape index (κ2) is 10.3. The number of aliphatic hydroxyl groups is 1. The molecule has 38 heavy (non-hydrogen) atoms. The van der Waals surface area contributed by atoms with Gasteiger partial charge in [0.15, 0.2) is 11.5 Å². The molecule has 13 heteroatoms. The summed E-state index contributed by atoms with van der Waals surface area (Å²) in [6, 6.07) is 7.20. The van der Waals surface area contributed by atoms with Crippen LogP contribution in [0, 0.1) is 0 Å². The Morgan fingerprint density at radius 2 is 2.03 bits per heavy atom. The molecule has 1 aliphatic heterocycles. The molecule has 4 aromatic rings. The van der Waals surface area contributed by atoms with Crippen LogP contribution in [-0.2, 0) is 6.54 Å². The zero-order valence-electron chi connectivity index (χ0n) is 20.6. The summed E-state index contributed by atoms with van der Waals surface area (Å²) in [7, 11) is 1.56. The fraction of sp³-hybridized carbons (Fsp3) is 0.360. The summed E-state index contributed by atoms with van der Waals surface area (Å²) in [5, 5.41) is 10.6. The number of pyridine rings is 1. The highest BCUT2D eigenvalue weighted by molar-refractivity contribution is 6.33. The van der Waals surface area contributed by atoms with Crippen molar-refractivity contribution in [3.63, 3.8) is 0 Å². The maximum absolute atomic E-state index is 13.4. The molecule has 3 aromatic heterocycles. The Labute approximate surface area is 222 Å². The number of hydrogen-bond donors (Lipinski definition) is 3. The van der Waals surface area contributed by atoms with Gasteiger partial charge in [-0.15, -0.1) is 0 Å². The number of imidazole rings is 1. The van der Waals surface area contributed by atoms with E-state index in [4.69, 9.17) is 27.8 Å². The van der Waals surface area contributed by atoms with Gasteiger partial charge in [0, 0.05) is 18.7 Å². The number of nitrogens with two attached hydrogens (primary N) is 2. The number of anilines is 2. The van der Waals surface area contributed by atoms with Crippen molar-refractivity contribution in [1.29, 1.82) is 0 Å². The minimum atomic E-state index is -2.94. The van der Waals surface area contributed by atoms with Gasteiger partial charge in [0.1, 0.15) is 23.7 Å². The molecule has 5 rings (SSSR count). The van der Waals surface area contributed by atoms with Gasteiger partial charge >= 0.3 is 0 Å². The third-order valence-corrected chi connectivity index (χ3v) is 7.22. The Morgan fingerprint density at radius 3 is 2.76 bits per heavy atom. The van der Waals surface area contributed by atoms with Crippen LogP contribution in [0.5, 0.6) is 5.75 Å². The summed E-state index contributed by atoms with van der Waals surface area (Å²) in [4.78, 5) is 19.2. The highest BCUT2D eigenvalue weighted by Gasteiger charge is 2.43. The third kappa shape index (κ3) is 4.82. The predicted octanol–water partition coefficient (Wildman–Crippen LogP) is 3.10. The van der Waals surface area contributed by atoms with E-state index < -0.39 is 18.1 Å². The Morgan fingerprint density at radius 1 is 1.21 bits per heavy atom. The molecule has 0 radical (unpaired) electrons. The van der Waals surface area contributed by atoms with Gasteiger partial charge in [0.05, 0.1) is 48.1 Å². The largest absolute Gasteiger partial charge is 0.497 e. The van der Waals surface area contributed by atoms with Gasteiger partial charge in [-0.3, -0.25) is 4.98 Å². The fourth-order valence-corrected chi connectivity index (χ4v) is 5.15. The van der Waals surface area contributed by atoms with Crippen LogP contribution in [0.3, 0.4) is 0 Å². The number of hydrogen-bond acceptors (Lipinski definition) is 9. The second-order valence-corrected chi connectivity index (χ2v) is 9.79. The number of nitrogen functional groups attached to an aromatic ring is 1. The number of nitrogens with zero attached hydrogens (tertiary/aromatic N) is 6. The lowest BCUT2D eigenvalue weighted by molar-refractivity contribution is -0.0529. The molecule has 0 amide bonds. The first kappa shape index (κ1) is 26.0. The van der Waals surface area contributed by atoms with Crippen molar-refractivity contribution in [1.82, 2.24) is 24.5 Å². The molecule has 5 N–H and O–H groups in total. The molecule has 1 saturated heterocycles. The summed E-state index contributed by atoms with van der Waals surface area (Å²) in [6.45, 7) is 0.915. The lowest BCUT2D eigenvalue weighted by Gasteiger charge is -2.44. The maximum Gasteiger partial charge on any atom is 0.265 e. The van der Waals surface area contributed by atoms with Crippen molar-refractivity contribution in [2.75, 3.05) is 30.8 Å². The standard InChI is InChI=1S/C25H27ClF2N8O2/c1-38-15-3-4-16(17(26)8-15)18-7-14(10-36-13-34-20-23(29)32-12-33-24(20)36)19(9-31-18)35-6-2-5-25(30,11-35)21(37)22(27)28/h3-4,7-9,12-13,21-22,37H,2,5-6,10-11,30H2,1H3,(H2,29,32,33)/t21-,25-/m1/s1. The minimum absolute atomic E-state index is 0.0373. The van der Waals surface area contributed by atoms with Crippen LogP contribution in [0.25, 0.3) is 22.4 Å². The van der Waals surface area contributed by atoms with Crippen LogP contribution in [0.15, 0.2) is 43.1 Å². The first-order valence-corrected chi connectivity index (χ1v) is 12.3. The van der Waals surface area contributed by atoms with Crippen molar-refractivity contribution in [3.05, 3.63) is 53.7 Å². The van der Waals surface area contributed by atoms with Crippen LogP contribution in [0.4, 0.5) is 20.3 Å². The molecule has 4 heterocycles.